The highest BCUT2D eigenvalue weighted by atomic mass is 16.5. The first-order chi connectivity index (χ1) is 14.2. The lowest BCUT2D eigenvalue weighted by Gasteiger charge is -2.28. The molecule has 1 aromatic heterocycles. The lowest BCUT2D eigenvalue weighted by atomic mass is 9.98. The van der Waals surface area contributed by atoms with E-state index < -0.39 is 0 Å². The molecule has 0 atom stereocenters. The summed E-state index contributed by atoms with van der Waals surface area (Å²) in [5.74, 6) is 1.23. The number of amides is 3. The molecule has 2 saturated heterocycles. The SMILES string of the molecule is O=C(Nc1cc(-c2ccccc2)on1)N1CCCN(C(=O)C2CCOCC2)CC1. The molecule has 8 heteroatoms. The van der Waals surface area contributed by atoms with Gasteiger partial charge in [-0.05, 0) is 19.3 Å². The van der Waals surface area contributed by atoms with Crippen LogP contribution in [-0.2, 0) is 9.53 Å². The monoisotopic (exact) mass is 398 g/mol. The predicted octanol–water partition coefficient (Wildman–Crippen LogP) is 2.83. The summed E-state index contributed by atoms with van der Waals surface area (Å²) in [5.41, 5.74) is 0.900. The number of ether oxygens (including phenoxy) is 1. The van der Waals surface area contributed by atoms with Gasteiger partial charge in [0.1, 0.15) is 0 Å². The van der Waals surface area contributed by atoms with Gasteiger partial charge in [-0.2, -0.15) is 0 Å². The predicted molar refractivity (Wildman–Crippen MR) is 107 cm³/mol. The highest BCUT2D eigenvalue weighted by molar-refractivity contribution is 5.89. The van der Waals surface area contributed by atoms with Crippen molar-refractivity contribution >= 4 is 17.8 Å². The van der Waals surface area contributed by atoms with Crippen LogP contribution in [0, 0.1) is 5.92 Å². The largest absolute Gasteiger partial charge is 0.381 e. The van der Waals surface area contributed by atoms with Gasteiger partial charge in [-0.1, -0.05) is 35.5 Å². The maximum absolute atomic E-state index is 12.7. The van der Waals surface area contributed by atoms with Crippen molar-refractivity contribution < 1.29 is 18.8 Å². The Bertz CT molecular complexity index is 832. The number of anilines is 1. The number of carbonyl (C=O) groups is 2. The van der Waals surface area contributed by atoms with Crippen molar-refractivity contribution in [2.45, 2.75) is 19.3 Å². The van der Waals surface area contributed by atoms with Crippen LogP contribution in [0.1, 0.15) is 19.3 Å². The molecule has 1 N–H and O–H groups in total. The molecule has 3 amide bonds. The first kappa shape index (κ1) is 19.4. The van der Waals surface area contributed by atoms with Crippen molar-refractivity contribution in [1.29, 1.82) is 0 Å². The highest BCUT2D eigenvalue weighted by Gasteiger charge is 2.28. The molecule has 2 aromatic rings. The van der Waals surface area contributed by atoms with Gasteiger partial charge in [0, 0.05) is 56.9 Å². The number of nitrogens with zero attached hydrogens (tertiary/aromatic N) is 3. The van der Waals surface area contributed by atoms with E-state index in [4.69, 9.17) is 9.26 Å². The van der Waals surface area contributed by atoms with Crippen LogP contribution in [0.5, 0.6) is 0 Å². The summed E-state index contributed by atoms with van der Waals surface area (Å²) in [5, 5.41) is 6.74. The summed E-state index contributed by atoms with van der Waals surface area (Å²) >= 11 is 0. The Balaban J connectivity index is 1.32. The first-order valence-electron chi connectivity index (χ1n) is 10.2. The molecular weight excluding hydrogens is 372 g/mol. The number of nitrogens with one attached hydrogen (secondary N) is 1. The molecule has 0 saturated carbocycles. The van der Waals surface area contributed by atoms with Crippen molar-refractivity contribution in [2.24, 2.45) is 5.92 Å². The van der Waals surface area contributed by atoms with Crippen LogP contribution < -0.4 is 5.32 Å². The third kappa shape index (κ3) is 4.76. The van der Waals surface area contributed by atoms with E-state index in [9.17, 15) is 9.59 Å². The molecule has 0 aliphatic carbocycles. The minimum Gasteiger partial charge on any atom is -0.381 e. The van der Waals surface area contributed by atoms with Crippen LogP contribution in [0.3, 0.4) is 0 Å². The van der Waals surface area contributed by atoms with E-state index in [1.54, 1.807) is 11.0 Å². The van der Waals surface area contributed by atoms with Crippen LogP contribution in [0.15, 0.2) is 40.9 Å². The lowest BCUT2D eigenvalue weighted by molar-refractivity contribution is -0.138. The van der Waals surface area contributed by atoms with Crippen molar-refractivity contribution in [1.82, 2.24) is 15.0 Å². The van der Waals surface area contributed by atoms with Gasteiger partial charge in [-0.3, -0.25) is 10.1 Å². The zero-order chi connectivity index (χ0) is 20.1. The first-order valence-corrected chi connectivity index (χ1v) is 10.2. The molecule has 2 fully saturated rings. The van der Waals surface area contributed by atoms with Crippen LogP contribution in [0.4, 0.5) is 10.6 Å². The standard InChI is InChI=1S/C21H26N4O4/c26-20(17-7-13-28-14-8-17)24-9-4-10-25(12-11-24)21(27)22-19-15-18(29-23-19)16-5-2-1-3-6-16/h1-3,5-6,15,17H,4,7-14H2,(H,22,23,27). The van der Waals surface area contributed by atoms with Gasteiger partial charge in [0.2, 0.25) is 5.91 Å². The molecule has 8 nitrogen and oxygen atoms in total. The van der Waals surface area contributed by atoms with Crippen LogP contribution >= 0.6 is 0 Å². The van der Waals surface area contributed by atoms with Crippen molar-refractivity contribution in [3.8, 4) is 11.3 Å². The van der Waals surface area contributed by atoms with Crippen molar-refractivity contribution in [3.05, 3.63) is 36.4 Å². The topological polar surface area (TPSA) is 87.9 Å². The molecule has 2 aliphatic rings. The van der Waals surface area contributed by atoms with E-state index >= 15 is 0 Å². The Labute approximate surface area is 169 Å². The third-order valence-electron chi connectivity index (χ3n) is 5.47. The van der Waals surface area contributed by atoms with Gasteiger partial charge >= 0.3 is 6.03 Å². The Morgan fingerprint density at radius 3 is 2.52 bits per heavy atom. The second kappa shape index (κ2) is 9.09. The fourth-order valence-electron chi connectivity index (χ4n) is 3.80. The molecular formula is C21H26N4O4. The number of benzene rings is 1. The Morgan fingerprint density at radius 2 is 1.72 bits per heavy atom. The molecule has 0 spiro atoms. The highest BCUT2D eigenvalue weighted by Crippen LogP contribution is 2.22. The molecule has 1 aromatic carbocycles. The number of urea groups is 1. The molecule has 154 valence electrons. The van der Waals surface area contributed by atoms with Gasteiger partial charge in [-0.25, -0.2) is 4.79 Å². The number of hydrogen-bond acceptors (Lipinski definition) is 5. The zero-order valence-corrected chi connectivity index (χ0v) is 16.4. The normalized spacial score (nSPS) is 18.3. The zero-order valence-electron chi connectivity index (χ0n) is 16.4. The van der Waals surface area contributed by atoms with E-state index in [2.05, 4.69) is 10.5 Å². The molecule has 3 heterocycles. The summed E-state index contributed by atoms with van der Waals surface area (Å²) in [6.45, 7) is 3.65. The number of aromatic nitrogens is 1. The molecule has 2 aliphatic heterocycles. The molecule has 29 heavy (non-hydrogen) atoms. The fraction of sp³-hybridized carbons (Fsp3) is 0.476. The summed E-state index contributed by atoms with van der Waals surface area (Å²) in [4.78, 5) is 29.0. The summed E-state index contributed by atoms with van der Waals surface area (Å²) in [6, 6.07) is 11.1. The average Bonchev–Trinajstić information content (AvgIpc) is 3.09. The van der Waals surface area contributed by atoms with Gasteiger partial charge in [0.05, 0.1) is 0 Å². The van der Waals surface area contributed by atoms with Gasteiger partial charge in [-0.15, -0.1) is 0 Å². The Morgan fingerprint density at radius 1 is 1.00 bits per heavy atom. The maximum Gasteiger partial charge on any atom is 0.323 e. The second-order valence-electron chi connectivity index (χ2n) is 7.43. The van der Waals surface area contributed by atoms with Gasteiger partial charge < -0.3 is 19.1 Å². The van der Waals surface area contributed by atoms with E-state index in [0.29, 0.717) is 51.0 Å². The van der Waals surface area contributed by atoms with Crippen LogP contribution in [0.25, 0.3) is 11.3 Å². The van der Waals surface area contributed by atoms with E-state index in [0.717, 1.165) is 24.8 Å². The average molecular weight is 398 g/mol. The van der Waals surface area contributed by atoms with Crippen LogP contribution in [-0.4, -0.2) is 66.3 Å². The van der Waals surface area contributed by atoms with E-state index in [1.807, 2.05) is 35.2 Å². The second-order valence-corrected chi connectivity index (χ2v) is 7.43. The number of hydrogen-bond donors (Lipinski definition) is 1. The number of carbonyl (C=O) groups excluding carboxylic acids is 2. The Kier molecular flexibility index (Phi) is 6.09. The van der Waals surface area contributed by atoms with Crippen LogP contribution in [0.2, 0.25) is 0 Å². The minimum absolute atomic E-state index is 0.0515. The van der Waals surface area contributed by atoms with Crippen molar-refractivity contribution in [3.63, 3.8) is 0 Å². The minimum atomic E-state index is -0.224. The van der Waals surface area contributed by atoms with Gasteiger partial charge in [0.25, 0.3) is 0 Å². The van der Waals surface area contributed by atoms with E-state index in [-0.39, 0.29) is 17.9 Å². The molecule has 0 unspecified atom stereocenters. The lowest BCUT2D eigenvalue weighted by Crippen LogP contribution is -2.42. The van der Waals surface area contributed by atoms with Crippen molar-refractivity contribution in [2.75, 3.05) is 44.7 Å². The van der Waals surface area contributed by atoms with Gasteiger partial charge in [0.15, 0.2) is 11.6 Å². The molecule has 4 rings (SSSR count). The fourth-order valence-corrected chi connectivity index (χ4v) is 3.80. The summed E-state index contributed by atoms with van der Waals surface area (Å²) < 4.78 is 10.7. The van der Waals surface area contributed by atoms with E-state index in [1.165, 1.54) is 0 Å². The molecule has 0 bridgehead atoms. The summed E-state index contributed by atoms with van der Waals surface area (Å²) in [6.07, 6.45) is 2.33. The Hall–Kier alpha value is -2.87. The third-order valence-corrected chi connectivity index (χ3v) is 5.47. The maximum atomic E-state index is 12.7. The quantitative estimate of drug-likeness (QED) is 0.859. The number of rotatable bonds is 3. The molecule has 0 radical (unpaired) electrons. The smallest absolute Gasteiger partial charge is 0.323 e. The summed E-state index contributed by atoms with van der Waals surface area (Å²) in [7, 11) is 0.